The Hall–Kier alpha value is -0.410. The molecule has 1 unspecified atom stereocenters. The zero-order valence-electron chi connectivity index (χ0n) is 10.5. The van der Waals surface area contributed by atoms with E-state index in [4.69, 9.17) is 10.7 Å². The van der Waals surface area contributed by atoms with Crippen LogP contribution in [0.15, 0.2) is 0 Å². The van der Waals surface area contributed by atoms with Crippen molar-refractivity contribution in [3.63, 3.8) is 0 Å². The summed E-state index contributed by atoms with van der Waals surface area (Å²) < 4.78 is 0. The Morgan fingerprint density at radius 1 is 1.44 bits per heavy atom. The number of thiazole rings is 1. The van der Waals surface area contributed by atoms with Crippen LogP contribution in [-0.4, -0.2) is 11.5 Å². The minimum absolute atomic E-state index is 0.426. The molecular weight excluding hydrogens is 216 g/mol. The van der Waals surface area contributed by atoms with Crippen molar-refractivity contribution in [3.05, 3.63) is 15.6 Å². The summed E-state index contributed by atoms with van der Waals surface area (Å²) in [6.45, 7) is 7.77. The molecule has 1 aliphatic rings. The molecule has 1 aromatic heterocycles. The normalized spacial score (nSPS) is 20.9. The van der Waals surface area contributed by atoms with Crippen LogP contribution in [0.5, 0.6) is 0 Å². The van der Waals surface area contributed by atoms with Gasteiger partial charge in [0.15, 0.2) is 0 Å². The highest BCUT2D eigenvalue weighted by Crippen LogP contribution is 2.39. The standard InChI is InChI=1S/C13H22N2S/c1-13(2,3)9-4-5-10-11(8-9)16-12(15-10)6-7-14/h9H,4-8,14H2,1-3H3. The lowest BCUT2D eigenvalue weighted by Gasteiger charge is -2.33. The average molecular weight is 238 g/mol. The highest BCUT2D eigenvalue weighted by atomic mass is 32.1. The number of rotatable bonds is 2. The van der Waals surface area contributed by atoms with Gasteiger partial charge in [-0.15, -0.1) is 11.3 Å². The Morgan fingerprint density at radius 3 is 2.81 bits per heavy atom. The quantitative estimate of drug-likeness (QED) is 0.860. The molecule has 2 nitrogen and oxygen atoms in total. The van der Waals surface area contributed by atoms with Crippen molar-refractivity contribution in [3.8, 4) is 0 Å². The fourth-order valence-electron chi connectivity index (χ4n) is 2.40. The number of hydrogen-bond acceptors (Lipinski definition) is 3. The summed E-state index contributed by atoms with van der Waals surface area (Å²) in [6, 6.07) is 0. The maximum Gasteiger partial charge on any atom is 0.0943 e. The molecule has 0 spiro atoms. The van der Waals surface area contributed by atoms with Crippen LogP contribution < -0.4 is 5.73 Å². The smallest absolute Gasteiger partial charge is 0.0943 e. The molecule has 0 saturated carbocycles. The molecule has 16 heavy (non-hydrogen) atoms. The van der Waals surface area contributed by atoms with Crippen molar-refractivity contribution in [1.82, 2.24) is 4.98 Å². The summed E-state index contributed by atoms with van der Waals surface area (Å²) in [5.74, 6) is 0.811. The zero-order chi connectivity index (χ0) is 11.8. The Balaban J connectivity index is 2.14. The van der Waals surface area contributed by atoms with Crippen molar-refractivity contribution < 1.29 is 0 Å². The highest BCUT2D eigenvalue weighted by molar-refractivity contribution is 7.11. The average Bonchev–Trinajstić information content (AvgIpc) is 2.57. The molecule has 0 aromatic carbocycles. The minimum atomic E-state index is 0.426. The molecule has 0 aliphatic heterocycles. The molecule has 2 N–H and O–H groups in total. The first-order chi connectivity index (χ1) is 7.50. The Kier molecular flexibility index (Phi) is 3.36. The molecule has 1 aliphatic carbocycles. The number of aromatic nitrogens is 1. The molecule has 0 saturated heterocycles. The first-order valence-electron chi connectivity index (χ1n) is 6.18. The van der Waals surface area contributed by atoms with Crippen LogP contribution in [0.25, 0.3) is 0 Å². The Morgan fingerprint density at radius 2 is 2.19 bits per heavy atom. The molecule has 2 rings (SSSR count). The lowest BCUT2D eigenvalue weighted by Crippen LogP contribution is -2.26. The van der Waals surface area contributed by atoms with E-state index in [1.54, 1.807) is 0 Å². The second-order valence-corrected chi connectivity index (χ2v) is 6.99. The molecule has 90 valence electrons. The summed E-state index contributed by atoms with van der Waals surface area (Å²) in [4.78, 5) is 6.22. The van der Waals surface area contributed by atoms with Crippen LogP contribution in [0.4, 0.5) is 0 Å². The zero-order valence-corrected chi connectivity index (χ0v) is 11.4. The molecule has 0 amide bonds. The van der Waals surface area contributed by atoms with Crippen molar-refractivity contribution in [2.75, 3.05) is 6.54 Å². The second kappa shape index (κ2) is 4.46. The molecule has 0 radical (unpaired) electrons. The molecular formula is C13H22N2S. The van der Waals surface area contributed by atoms with E-state index in [1.807, 2.05) is 11.3 Å². The van der Waals surface area contributed by atoms with Gasteiger partial charge in [0.2, 0.25) is 0 Å². The number of aryl methyl sites for hydroxylation is 1. The highest BCUT2D eigenvalue weighted by Gasteiger charge is 2.30. The summed E-state index contributed by atoms with van der Waals surface area (Å²) in [5, 5.41) is 1.24. The predicted molar refractivity (Wildman–Crippen MR) is 69.8 cm³/mol. The summed E-state index contributed by atoms with van der Waals surface area (Å²) in [6.07, 6.45) is 4.62. The number of fused-ring (bicyclic) bond motifs is 1. The largest absolute Gasteiger partial charge is 0.330 e. The molecule has 1 heterocycles. The van der Waals surface area contributed by atoms with Gasteiger partial charge in [0.25, 0.3) is 0 Å². The van der Waals surface area contributed by atoms with Crippen LogP contribution in [0.3, 0.4) is 0 Å². The molecule has 1 aromatic rings. The van der Waals surface area contributed by atoms with Crippen molar-refractivity contribution in [2.24, 2.45) is 17.1 Å². The van der Waals surface area contributed by atoms with E-state index < -0.39 is 0 Å². The van der Waals surface area contributed by atoms with Gasteiger partial charge in [0.05, 0.1) is 10.7 Å². The van der Waals surface area contributed by atoms with E-state index >= 15 is 0 Å². The van der Waals surface area contributed by atoms with E-state index in [1.165, 1.54) is 34.8 Å². The first kappa shape index (κ1) is 12.1. The van der Waals surface area contributed by atoms with Crippen molar-refractivity contribution >= 4 is 11.3 Å². The van der Waals surface area contributed by atoms with Gasteiger partial charge in [0, 0.05) is 11.3 Å². The fourth-order valence-corrected chi connectivity index (χ4v) is 3.61. The summed E-state index contributed by atoms with van der Waals surface area (Å²) >= 11 is 1.89. The van der Waals surface area contributed by atoms with E-state index in [9.17, 15) is 0 Å². The van der Waals surface area contributed by atoms with E-state index in [2.05, 4.69) is 20.8 Å². The van der Waals surface area contributed by atoms with Crippen LogP contribution in [-0.2, 0) is 19.3 Å². The Labute approximate surface area is 102 Å². The monoisotopic (exact) mass is 238 g/mol. The number of nitrogens with zero attached hydrogens (tertiary/aromatic N) is 1. The van der Waals surface area contributed by atoms with Crippen LogP contribution in [0.1, 0.15) is 42.8 Å². The van der Waals surface area contributed by atoms with Crippen LogP contribution >= 0.6 is 11.3 Å². The number of nitrogens with two attached hydrogens (primary N) is 1. The third-order valence-corrected chi connectivity index (χ3v) is 4.75. The molecule has 0 fully saturated rings. The minimum Gasteiger partial charge on any atom is -0.330 e. The van der Waals surface area contributed by atoms with Gasteiger partial charge >= 0.3 is 0 Å². The van der Waals surface area contributed by atoms with Gasteiger partial charge < -0.3 is 5.73 Å². The lowest BCUT2D eigenvalue weighted by atomic mass is 9.73. The van der Waals surface area contributed by atoms with Crippen LogP contribution in [0, 0.1) is 11.3 Å². The summed E-state index contributed by atoms with van der Waals surface area (Å²) in [5.41, 5.74) is 7.36. The van der Waals surface area contributed by atoms with Gasteiger partial charge in [-0.25, -0.2) is 4.98 Å². The maximum absolute atomic E-state index is 5.58. The van der Waals surface area contributed by atoms with E-state index in [0.717, 1.165) is 18.9 Å². The van der Waals surface area contributed by atoms with Crippen molar-refractivity contribution in [1.29, 1.82) is 0 Å². The Bertz CT molecular complexity index is 362. The van der Waals surface area contributed by atoms with E-state index in [-0.39, 0.29) is 0 Å². The van der Waals surface area contributed by atoms with Crippen LogP contribution in [0.2, 0.25) is 0 Å². The molecule has 0 bridgehead atoms. The van der Waals surface area contributed by atoms with Gasteiger partial charge in [0.1, 0.15) is 0 Å². The second-order valence-electron chi connectivity index (χ2n) is 5.82. The topological polar surface area (TPSA) is 38.9 Å². The van der Waals surface area contributed by atoms with Gasteiger partial charge in [-0.2, -0.15) is 0 Å². The predicted octanol–water partition coefficient (Wildman–Crippen LogP) is 2.80. The first-order valence-corrected chi connectivity index (χ1v) is 7.00. The van der Waals surface area contributed by atoms with Crippen molar-refractivity contribution in [2.45, 2.75) is 46.5 Å². The maximum atomic E-state index is 5.58. The molecule has 3 heteroatoms. The third-order valence-electron chi connectivity index (χ3n) is 3.57. The summed E-state index contributed by atoms with van der Waals surface area (Å²) in [7, 11) is 0. The lowest BCUT2D eigenvalue weighted by molar-refractivity contribution is 0.217. The van der Waals surface area contributed by atoms with E-state index in [0.29, 0.717) is 5.41 Å². The van der Waals surface area contributed by atoms with Gasteiger partial charge in [-0.1, -0.05) is 20.8 Å². The molecule has 1 atom stereocenters. The van der Waals surface area contributed by atoms with Gasteiger partial charge in [-0.05, 0) is 37.1 Å². The number of hydrogen-bond donors (Lipinski definition) is 1. The fraction of sp³-hybridized carbons (Fsp3) is 0.769. The van der Waals surface area contributed by atoms with Gasteiger partial charge in [-0.3, -0.25) is 0 Å². The third kappa shape index (κ3) is 2.46. The SMILES string of the molecule is CC(C)(C)C1CCc2nc(CCN)sc2C1.